The lowest BCUT2D eigenvalue weighted by Crippen LogP contribution is -2.06. The van der Waals surface area contributed by atoms with Gasteiger partial charge in [-0.15, -0.1) is 0 Å². The summed E-state index contributed by atoms with van der Waals surface area (Å²) in [5, 5.41) is 10.3. The number of fused-ring (bicyclic) bond motifs is 1. The lowest BCUT2D eigenvalue weighted by atomic mass is 10.2. The van der Waals surface area contributed by atoms with Crippen molar-refractivity contribution in [2.75, 3.05) is 13.6 Å². The van der Waals surface area contributed by atoms with Crippen LogP contribution in [0.15, 0.2) is 17.2 Å². The van der Waals surface area contributed by atoms with Gasteiger partial charge in [-0.05, 0) is 26.1 Å². The SMILES string of the molecule is CNCCC=Cc1[nH]nc2nc[nH]c(=O)c12. The standard InChI is InChI=1S/C10H13N5O/c1-11-5-3-2-4-7-8-9(15-14-7)12-6-13-10(8)16/h2,4,6,11H,3,5H2,1H3,(H2,12,13,14,15,16). The van der Waals surface area contributed by atoms with Crippen molar-refractivity contribution in [2.24, 2.45) is 0 Å². The van der Waals surface area contributed by atoms with E-state index in [-0.39, 0.29) is 5.56 Å². The van der Waals surface area contributed by atoms with Gasteiger partial charge in [0.15, 0.2) is 5.65 Å². The number of nitrogens with zero attached hydrogens (tertiary/aromatic N) is 2. The minimum Gasteiger partial charge on any atom is -0.319 e. The quantitative estimate of drug-likeness (QED) is 0.644. The van der Waals surface area contributed by atoms with Gasteiger partial charge in [0.25, 0.3) is 5.56 Å². The first kappa shape index (κ1) is 10.6. The van der Waals surface area contributed by atoms with Crippen LogP contribution in [-0.2, 0) is 0 Å². The summed E-state index contributed by atoms with van der Waals surface area (Å²) in [6.45, 7) is 0.900. The van der Waals surface area contributed by atoms with Gasteiger partial charge in [0.2, 0.25) is 0 Å². The van der Waals surface area contributed by atoms with E-state index in [1.807, 2.05) is 19.2 Å². The molecule has 0 saturated carbocycles. The third-order valence-corrected chi connectivity index (χ3v) is 2.23. The lowest BCUT2D eigenvalue weighted by molar-refractivity contribution is 0.809. The van der Waals surface area contributed by atoms with Crippen LogP contribution >= 0.6 is 0 Å². The summed E-state index contributed by atoms with van der Waals surface area (Å²) in [7, 11) is 1.90. The zero-order valence-corrected chi connectivity index (χ0v) is 8.95. The maximum atomic E-state index is 11.5. The molecule has 0 aliphatic carbocycles. The summed E-state index contributed by atoms with van der Waals surface area (Å²) < 4.78 is 0. The molecule has 0 atom stereocenters. The second kappa shape index (κ2) is 4.71. The molecular weight excluding hydrogens is 206 g/mol. The highest BCUT2D eigenvalue weighted by Gasteiger charge is 2.06. The minimum atomic E-state index is -0.174. The first-order valence-corrected chi connectivity index (χ1v) is 5.06. The molecule has 6 heteroatoms. The Morgan fingerprint density at radius 2 is 2.44 bits per heavy atom. The third kappa shape index (κ3) is 2.01. The van der Waals surface area contributed by atoms with Crippen molar-refractivity contribution in [2.45, 2.75) is 6.42 Å². The number of nitrogens with one attached hydrogen (secondary N) is 3. The molecule has 0 aliphatic rings. The monoisotopic (exact) mass is 219 g/mol. The molecule has 0 fully saturated rings. The maximum absolute atomic E-state index is 11.5. The number of aromatic nitrogens is 4. The van der Waals surface area contributed by atoms with Crippen molar-refractivity contribution in [3.63, 3.8) is 0 Å². The minimum absolute atomic E-state index is 0.174. The Morgan fingerprint density at radius 3 is 3.25 bits per heavy atom. The fourth-order valence-corrected chi connectivity index (χ4v) is 1.44. The highest BCUT2D eigenvalue weighted by atomic mass is 16.1. The van der Waals surface area contributed by atoms with Crippen LogP contribution in [0.4, 0.5) is 0 Å². The number of rotatable bonds is 4. The van der Waals surface area contributed by atoms with Crippen LogP contribution in [-0.4, -0.2) is 33.8 Å². The summed E-state index contributed by atoms with van der Waals surface area (Å²) in [6.07, 6.45) is 6.08. The zero-order chi connectivity index (χ0) is 11.4. The number of hydrogen-bond donors (Lipinski definition) is 3. The van der Waals surface area contributed by atoms with Gasteiger partial charge in [0.05, 0.1) is 12.0 Å². The highest BCUT2D eigenvalue weighted by molar-refractivity contribution is 5.82. The second-order valence-corrected chi connectivity index (χ2v) is 3.36. The maximum Gasteiger partial charge on any atom is 0.262 e. The van der Waals surface area contributed by atoms with E-state index in [0.717, 1.165) is 13.0 Å². The second-order valence-electron chi connectivity index (χ2n) is 3.36. The van der Waals surface area contributed by atoms with Gasteiger partial charge < -0.3 is 10.3 Å². The van der Waals surface area contributed by atoms with Crippen LogP contribution in [0.5, 0.6) is 0 Å². The van der Waals surface area contributed by atoms with E-state index < -0.39 is 0 Å². The Hall–Kier alpha value is -1.95. The molecule has 0 aliphatic heterocycles. The molecule has 2 heterocycles. The molecule has 2 aromatic heterocycles. The van der Waals surface area contributed by atoms with Crippen molar-refractivity contribution in [3.05, 3.63) is 28.5 Å². The molecule has 2 rings (SSSR count). The molecule has 84 valence electrons. The number of H-pyrrole nitrogens is 2. The first-order chi connectivity index (χ1) is 7.83. The van der Waals surface area contributed by atoms with E-state index in [9.17, 15) is 4.79 Å². The fraction of sp³-hybridized carbons (Fsp3) is 0.300. The molecule has 0 spiro atoms. The molecule has 0 saturated heterocycles. The van der Waals surface area contributed by atoms with Crippen LogP contribution in [0.3, 0.4) is 0 Å². The Balaban J connectivity index is 2.31. The molecule has 3 N–H and O–H groups in total. The predicted octanol–water partition coefficient (Wildman–Crippen LogP) is 0.269. The van der Waals surface area contributed by atoms with Gasteiger partial charge >= 0.3 is 0 Å². The van der Waals surface area contributed by atoms with Crippen LogP contribution in [0.2, 0.25) is 0 Å². The number of hydrogen-bond acceptors (Lipinski definition) is 4. The summed E-state index contributed by atoms with van der Waals surface area (Å²) in [4.78, 5) is 18.0. The molecule has 0 radical (unpaired) electrons. The average Bonchev–Trinajstić information content (AvgIpc) is 2.69. The summed E-state index contributed by atoms with van der Waals surface area (Å²) in [5.74, 6) is 0. The van der Waals surface area contributed by atoms with E-state index in [2.05, 4.69) is 25.5 Å². The van der Waals surface area contributed by atoms with E-state index in [1.54, 1.807) is 0 Å². The highest BCUT2D eigenvalue weighted by Crippen LogP contribution is 2.09. The first-order valence-electron chi connectivity index (χ1n) is 5.06. The van der Waals surface area contributed by atoms with E-state index >= 15 is 0 Å². The lowest BCUT2D eigenvalue weighted by Gasteiger charge is -1.91. The summed E-state index contributed by atoms with van der Waals surface area (Å²) >= 11 is 0. The van der Waals surface area contributed by atoms with Gasteiger partial charge in [0, 0.05) is 0 Å². The van der Waals surface area contributed by atoms with Crippen LogP contribution in [0, 0.1) is 0 Å². The number of aromatic amines is 2. The Kier molecular flexibility index (Phi) is 3.11. The van der Waals surface area contributed by atoms with Crippen molar-refractivity contribution in [3.8, 4) is 0 Å². The molecule has 2 aromatic rings. The third-order valence-electron chi connectivity index (χ3n) is 2.23. The van der Waals surface area contributed by atoms with Gasteiger partial charge in [-0.3, -0.25) is 9.89 Å². The van der Waals surface area contributed by atoms with Crippen LogP contribution < -0.4 is 10.9 Å². The zero-order valence-electron chi connectivity index (χ0n) is 8.95. The molecule has 0 unspecified atom stereocenters. The van der Waals surface area contributed by atoms with Gasteiger partial charge in [-0.25, -0.2) is 4.98 Å². The molecule has 16 heavy (non-hydrogen) atoms. The smallest absolute Gasteiger partial charge is 0.262 e. The van der Waals surface area contributed by atoms with Crippen molar-refractivity contribution in [1.82, 2.24) is 25.5 Å². The Labute approximate surface area is 91.8 Å². The Bertz CT molecular complexity index is 554. The van der Waals surface area contributed by atoms with Gasteiger partial charge in [-0.1, -0.05) is 6.08 Å². The molecule has 0 amide bonds. The topological polar surface area (TPSA) is 86.5 Å². The van der Waals surface area contributed by atoms with E-state index in [0.29, 0.717) is 16.7 Å². The predicted molar refractivity (Wildman–Crippen MR) is 62.1 cm³/mol. The van der Waals surface area contributed by atoms with Crippen molar-refractivity contribution < 1.29 is 0 Å². The van der Waals surface area contributed by atoms with E-state index in [4.69, 9.17) is 0 Å². The summed E-state index contributed by atoms with van der Waals surface area (Å²) in [6, 6.07) is 0. The van der Waals surface area contributed by atoms with Crippen LogP contribution in [0.1, 0.15) is 12.1 Å². The summed E-state index contributed by atoms with van der Waals surface area (Å²) in [5.41, 5.74) is 0.962. The largest absolute Gasteiger partial charge is 0.319 e. The molecule has 6 nitrogen and oxygen atoms in total. The molecule has 0 aromatic carbocycles. The van der Waals surface area contributed by atoms with Gasteiger partial charge in [0.1, 0.15) is 5.39 Å². The van der Waals surface area contributed by atoms with Crippen molar-refractivity contribution in [1.29, 1.82) is 0 Å². The Morgan fingerprint density at radius 1 is 1.56 bits per heavy atom. The molecular formula is C10H13N5O. The normalized spacial score (nSPS) is 11.6. The van der Waals surface area contributed by atoms with Crippen LogP contribution in [0.25, 0.3) is 17.1 Å². The molecule has 0 bridgehead atoms. The fourth-order valence-electron chi connectivity index (χ4n) is 1.44. The average molecular weight is 219 g/mol. The van der Waals surface area contributed by atoms with Gasteiger partial charge in [-0.2, -0.15) is 5.10 Å². The van der Waals surface area contributed by atoms with Crippen molar-refractivity contribution >= 4 is 17.1 Å². The van der Waals surface area contributed by atoms with E-state index in [1.165, 1.54) is 6.33 Å².